The van der Waals surface area contributed by atoms with Crippen molar-refractivity contribution in [3.05, 3.63) is 35.4 Å². The van der Waals surface area contributed by atoms with E-state index >= 15 is 0 Å². The molecule has 186 valence electrons. The molecule has 0 aliphatic rings. The van der Waals surface area contributed by atoms with Gasteiger partial charge in [-0.2, -0.15) is 52.7 Å². The molecule has 0 amide bonds. The first-order chi connectivity index (χ1) is 14.3. The minimum absolute atomic E-state index is 0.00791. The molecule has 1 rings (SSSR count). The van der Waals surface area contributed by atoms with E-state index in [1.807, 2.05) is 0 Å². The Labute approximate surface area is 172 Å². The molecular weight excluding hydrogens is 484 g/mol. The second-order valence-corrected chi connectivity index (χ2v) is 6.04. The standard InChI is InChI=1S/C16H14F12O4/c1-29-7-31-11(13(17,18)19,14(20,21)22)9-4-3-5-10(6-9)12(15(23,24)25,16(26,27)28)32-8-30-2/h3-6H,7-8H2,1-2H3. The largest absolute Gasteiger partial charge is 0.430 e. The third kappa shape index (κ3) is 4.77. The van der Waals surface area contributed by atoms with Crippen LogP contribution < -0.4 is 0 Å². The summed E-state index contributed by atoms with van der Waals surface area (Å²) in [6, 6.07) is -0.440. The summed E-state index contributed by atoms with van der Waals surface area (Å²) in [4.78, 5) is 0. The summed E-state index contributed by atoms with van der Waals surface area (Å²) in [7, 11) is 1.29. The van der Waals surface area contributed by atoms with Crippen LogP contribution in [0.3, 0.4) is 0 Å². The van der Waals surface area contributed by atoms with E-state index in [-0.39, 0.29) is 18.2 Å². The Hall–Kier alpha value is -1.78. The van der Waals surface area contributed by atoms with Crippen LogP contribution in [-0.2, 0) is 30.1 Å². The van der Waals surface area contributed by atoms with Crippen LogP contribution in [-0.4, -0.2) is 52.5 Å². The maximum atomic E-state index is 13.6. The first-order valence-electron chi connectivity index (χ1n) is 7.97. The van der Waals surface area contributed by atoms with Crippen molar-refractivity contribution in [2.45, 2.75) is 35.9 Å². The van der Waals surface area contributed by atoms with Crippen molar-refractivity contribution in [3.8, 4) is 0 Å². The molecule has 0 aliphatic heterocycles. The normalized spacial score (nSPS) is 14.7. The lowest BCUT2D eigenvalue weighted by Crippen LogP contribution is -2.58. The minimum Gasteiger partial charge on any atom is -0.359 e. The van der Waals surface area contributed by atoms with Crippen LogP contribution in [0.2, 0.25) is 0 Å². The van der Waals surface area contributed by atoms with Crippen LogP contribution in [0.1, 0.15) is 11.1 Å². The van der Waals surface area contributed by atoms with Crippen molar-refractivity contribution < 1.29 is 71.6 Å². The Balaban J connectivity index is 4.01. The molecule has 0 bridgehead atoms. The second kappa shape index (κ2) is 9.23. The van der Waals surface area contributed by atoms with Gasteiger partial charge in [-0.05, 0) is 6.07 Å². The highest BCUT2D eigenvalue weighted by atomic mass is 19.4. The van der Waals surface area contributed by atoms with Crippen molar-refractivity contribution in [1.29, 1.82) is 0 Å². The van der Waals surface area contributed by atoms with E-state index < -0.39 is 66.7 Å². The third-order valence-electron chi connectivity index (χ3n) is 4.06. The zero-order chi connectivity index (χ0) is 25.2. The molecule has 0 saturated heterocycles. The third-order valence-corrected chi connectivity index (χ3v) is 4.06. The topological polar surface area (TPSA) is 36.9 Å². The van der Waals surface area contributed by atoms with E-state index in [1.165, 1.54) is 0 Å². The lowest BCUT2D eigenvalue weighted by molar-refractivity contribution is -0.402. The van der Waals surface area contributed by atoms with Crippen LogP contribution in [0.4, 0.5) is 52.7 Å². The molecule has 0 atom stereocenters. The number of halogens is 12. The minimum atomic E-state index is -6.38. The quantitative estimate of drug-likeness (QED) is 0.347. The van der Waals surface area contributed by atoms with Gasteiger partial charge in [0.2, 0.25) is 0 Å². The highest BCUT2D eigenvalue weighted by Crippen LogP contribution is 2.56. The predicted octanol–water partition coefficient (Wildman–Crippen LogP) is 5.57. The molecule has 0 N–H and O–H groups in total. The fourth-order valence-electron chi connectivity index (χ4n) is 2.72. The van der Waals surface area contributed by atoms with Gasteiger partial charge >= 0.3 is 24.7 Å². The zero-order valence-electron chi connectivity index (χ0n) is 15.9. The van der Waals surface area contributed by atoms with E-state index in [2.05, 4.69) is 18.9 Å². The summed E-state index contributed by atoms with van der Waals surface area (Å²) < 4.78 is 179. The van der Waals surface area contributed by atoms with E-state index in [9.17, 15) is 52.7 Å². The number of benzene rings is 1. The average molecular weight is 498 g/mol. The fourth-order valence-corrected chi connectivity index (χ4v) is 2.72. The van der Waals surface area contributed by atoms with Crippen LogP contribution in [0.15, 0.2) is 24.3 Å². The van der Waals surface area contributed by atoms with Gasteiger partial charge in [0.1, 0.15) is 13.6 Å². The Morgan fingerprint density at radius 1 is 0.562 bits per heavy atom. The van der Waals surface area contributed by atoms with Crippen LogP contribution in [0.5, 0.6) is 0 Å². The Morgan fingerprint density at radius 2 is 0.844 bits per heavy atom. The molecular formula is C16H14F12O4. The number of rotatable bonds is 8. The molecule has 0 aromatic heterocycles. The predicted molar refractivity (Wildman–Crippen MR) is 79.9 cm³/mol. The summed E-state index contributed by atoms with van der Waals surface area (Å²) in [5.41, 5.74) is -14.9. The Morgan fingerprint density at radius 3 is 1.06 bits per heavy atom. The van der Waals surface area contributed by atoms with Crippen LogP contribution in [0, 0.1) is 0 Å². The smallest absolute Gasteiger partial charge is 0.359 e. The first-order valence-corrected chi connectivity index (χ1v) is 7.97. The van der Waals surface area contributed by atoms with E-state index in [0.717, 1.165) is 0 Å². The van der Waals surface area contributed by atoms with Gasteiger partial charge in [0.15, 0.2) is 0 Å². The lowest BCUT2D eigenvalue weighted by Gasteiger charge is -2.39. The van der Waals surface area contributed by atoms with Crippen molar-refractivity contribution in [2.75, 3.05) is 27.8 Å². The number of alkyl halides is 12. The zero-order valence-corrected chi connectivity index (χ0v) is 15.9. The molecule has 0 saturated carbocycles. The van der Waals surface area contributed by atoms with Gasteiger partial charge in [0, 0.05) is 25.3 Å². The number of hydrogen-bond donors (Lipinski definition) is 0. The molecule has 1 aromatic carbocycles. The van der Waals surface area contributed by atoms with E-state index in [1.54, 1.807) is 0 Å². The van der Waals surface area contributed by atoms with Gasteiger partial charge in [-0.15, -0.1) is 0 Å². The highest BCUT2D eigenvalue weighted by molar-refractivity contribution is 5.36. The fraction of sp³-hybridized carbons (Fsp3) is 0.625. The van der Waals surface area contributed by atoms with Crippen LogP contribution >= 0.6 is 0 Å². The molecule has 32 heavy (non-hydrogen) atoms. The van der Waals surface area contributed by atoms with Crippen molar-refractivity contribution in [1.82, 2.24) is 0 Å². The molecule has 4 nitrogen and oxygen atoms in total. The van der Waals surface area contributed by atoms with E-state index in [4.69, 9.17) is 0 Å². The molecule has 0 heterocycles. The van der Waals surface area contributed by atoms with Crippen LogP contribution in [0.25, 0.3) is 0 Å². The van der Waals surface area contributed by atoms with Gasteiger partial charge in [-0.1, -0.05) is 18.2 Å². The summed E-state index contributed by atoms with van der Waals surface area (Å²) in [6.07, 6.45) is -25.5. The summed E-state index contributed by atoms with van der Waals surface area (Å²) in [6.45, 7) is -3.32. The Kier molecular flexibility index (Phi) is 8.15. The lowest BCUT2D eigenvalue weighted by atomic mass is 9.85. The molecule has 0 radical (unpaired) electrons. The summed E-state index contributed by atoms with van der Waals surface area (Å²) in [5, 5.41) is 0. The number of hydrogen-bond acceptors (Lipinski definition) is 4. The first kappa shape index (κ1) is 28.3. The molecule has 1 aromatic rings. The molecule has 0 aliphatic carbocycles. The maximum absolute atomic E-state index is 13.6. The second-order valence-electron chi connectivity index (χ2n) is 6.04. The highest BCUT2D eigenvalue weighted by Gasteiger charge is 2.76. The van der Waals surface area contributed by atoms with Gasteiger partial charge in [-0.3, -0.25) is 0 Å². The number of ether oxygens (including phenoxy) is 4. The van der Waals surface area contributed by atoms with Crippen molar-refractivity contribution in [3.63, 3.8) is 0 Å². The Bertz CT molecular complexity index is 664. The molecule has 0 fully saturated rings. The van der Waals surface area contributed by atoms with Crippen molar-refractivity contribution in [2.24, 2.45) is 0 Å². The number of methoxy groups -OCH3 is 2. The SMILES string of the molecule is COCOC(c1cccc(C(OCOC)(C(F)(F)F)C(F)(F)F)c1)(C(F)(F)F)C(F)(F)F. The average Bonchev–Trinajstić information content (AvgIpc) is 2.58. The van der Waals surface area contributed by atoms with Crippen molar-refractivity contribution >= 4 is 0 Å². The maximum Gasteiger partial charge on any atom is 0.430 e. The van der Waals surface area contributed by atoms with E-state index in [0.29, 0.717) is 14.2 Å². The van der Waals surface area contributed by atoms with Gasteiger partial charge in [0.05, 0.1) is 0 Å². The van der Waals surface area contributed by atoms with Gasteiger partial charge < -0.3 is 18.9 Å². The molecule has 0 spiro atoms. The summed E-state index contributed by atoms with van der Waals surface area (Å²) in [5.74, 6) is 0. The van der Waals surface area contributed by atoms with Gasteiger partial charge in [-0.25, -0.2) is 0 Å². The summed E-state index contributed by atoms with van der Waals surface area (Å²) >= 11 is 0. The molecule has 16 heteroatoms. The molecule has 0 unspecified atom stereocenters. The van der Waals surface area contributed by atoms with Gasteiger partial charge in [0.25, 0.3) is 11.2 Å². The monoisotopic (exact) mass is 498 g/mol.